The van der Waals surface area contributed by atoms with Gasteiger partial charge in [-0.1, -0.05) is 20.8 Å². The Bertz CT molecular complexity index is 671. The Morgan fingerprint density at radius 3 is 2.30 bits per heavy atom. The lowest BCUT2D eigenvalue weighted by molar-refractivity contribution is -0.197. The van der Waals surface area contributed by atoms with Crippen molar-refractivity contribution >= 4 is 29.6 Å². The third-order valence-corrected chi connectivity index (χ3v) is 4.85. The van der Waals surface area contributed by atoms with Gasteiger partial charge in [-0.25, -0.2) is 4.79 Å². The molecule has 0 bridgehead atoms. The third-order valence-electron chi connectivity index (χ3n) is 4.85. The van der Waals surface area contributed by atoms with E-state index in [2.05, 4.69) is 36.3 Å². The Kier molecular flexibility index (Phi) is 8.33. The number of carbonyl (C=O) groups is 5. The average molecular weight is 433 g/mol. The van der Waals surface area contributed by atoms with E-state index in [1.54, 1.807) is 0 Å². The third kappa shape index (κ3) is 7.40. The van der Waals surface area contributed by atoms with Crippen molar-refractivity contribution in [1.82, 2.24) is 20.6 Å². The molecule has 1 unspecified atom stereocenters. The number of nitrogens with zero attached hydrogens (tertiary/aromatic N) is 2. The van der Waals surface area contributed by atoms with Crippen molar-refractivity contribution in [3.05, 3.63) is 0 Å². The fourth-order valence-corrected chi connectivity index (χ4v) is 3.54. The molecule has 2 N–H and O–H groups in total. The highest BCUT2D eigenvalue weighted by atomic mass is 16.7. The molecule has 30 heavy (non-hydrogen) atoms. The molecule has 2 fully saturated rings. The molecule has 0 aliphatic carbocycles. The summed E-state index contributed by atoms with van der Waals surface area (Å²) < 4.78 is 0. The zero-order chi connectivity index (χ0) is 22.3. The molecule has 1 atom stereocenters. The second-order valence-corrected chi connectivity index (χ2v) is 8.88. The van der Waals surface area contributed by atoms with Gasteiger partial charge in [0.1, 0.15) is 0 Å². The van der Waals surface area contributed by atoms with Gasteiger partial charge in [0.05, 0.1) is 12.5 Å². The first-order chi connectivity index (χ1) is 14.1. The molecule has 0 aromatic carbocycles. The van der Waals surface area contributed by atoms with Crippen molar-refractivity contribution in [2.75, 3.05) is 26.2 Å². The molecule has 4 amide bonds. The van der Waals surface area contributed by atoms with E-state index < -0.39 is 17.8 Å². The summed E-state index contributed by atoms with van der Waals surface area (Å²) in [7, 11) is 0. The minimum absolute atomic E-state index is 0.0177. The van der Waals surface area contributed by atoms with E-state index in [9.17, 15) is 24.0 Å². The predicted octanol–water partition coefficient (Wildman–Crippen LogP) is 0.117. The number of amides is 4. The summed E-state index contributed by atoms with van der Waals surface area (Å²) in [5, 5.41) is 5.85. The number of hydrogen-bond donors (Lipinski definition) is 2. The maximum atomic E-state index is 12.4. The molecule has 0 aromatic rings. The molecule has 0 saturated carbocycles. The van der Waals surface area contributed by atoms with Gasteiger partial charge in [0.2, 0.25) is 11.8 Å². The van der Waals surface area contributed by atoms with Crippen molar-refractivity contribution in [2.24, 2.45) is 5.41 Å². The van der Waals surface area contributed by atoms with Gasteiger partial charge in [0, 0.05) is 38.9 Å². The van der Waals surface area contributed by atoms with E-state index in [0.717, 1.165) is 25.9 Å². The van der Waals surface area contributed by atoms with Gasteiger partial charge < -0.3 is 15.5 Å². The number of nitrogens with one attached hydrogen (secondary N) is 2. The number of carbonyl (C=O) groups excluding carboxylic acids is 5. The van der Waals surface area contributed by atoms with Gasteiger partial charge in [-0.15, -0.1) is 5.06 Å². The fraction of sp³-hybridized carbons (Fsp3) is 0.750. The number of hydroxylamine groups is 2. The number of likely N-dealkylation sites (tertiary alicyclic amines) is 1. The summed E-state index contributed by atoms with van der Waals surface area (Å²) in [5.74, 6) is -2.23. The maximum Gasteiger partial charge on any atom is 0.334 e. The SMILES string of the molecule is CC([13CH3])([13CH3])[13CH2][15N]1[13CH2][13CH2][13CH2][13CH]1C(=O)NCC[13C](=O)NCCC(=O)ON1C(=O)CCC1=O. The summed E-state index contributed by atoms with van der Waals surface area (Å²) in [6, 6.07) is -0.155. The van der Waals surface area contributed by atoms with Gasteiger partial charge in [0.15, 0.2) is 0 Å². The first-order valence-electron chi connectivity index (χ1n) is 10.4. The first-order valence-corrected chi connectivity index (χ1v) is 10.4. The van der Waals surface area contributed by atoms with Crippen LogP contribution in [0.25, 0.3) is 0 Å². The Balaban J connectivity index is 1.60. The number of imide groups is 1. The molecule has 10 nitrogen and oxygen atoms in total. The fourth-order valence-electron chi connectivity index (χ4n) is 3.54. The topological polar surface area (TPSA) is 125 Å². The van der Waals surface area contributed by atoms with E-state index >= 15 is 0 Å². The molecule has 10 heteroatoms. The molecule has 2 aliphatic rings. The van der Waals surface area contributed by atoms with Crippen LogP contribution < -0.4 is 10.6 Å². The molecule has 2 rings (SSSR count). The highest BCUT2D eigenvalue weighted by Gasteiger charge is 2.33. The largest absolute Gasteiger partial charge is 0.355 e. The highest BCUT2D eigenvalue weighted by Crippen LogP contribution is 2.23. The lowest BCUT2D eigenvalue weighted by Gasteiger charge is -2.30. The summed E-state index contributed by atoms with van der Waals surface area (Å²) >= 11 is 0. The van der Waals surface area contributed by atoms with Crippen LogP contribution in [0, 0.1) is 5.41 Å². The molecular weight excluding hydrogens is 401 g/mol. The lowest BCUT2D eigenvalue weighted by atomic mass is 10.3. The van der Waals surface area contributed by atoms with Crippen molar-refractivity contribution in [3.8, 4) is 0 Å². The summed E-state index contributed by atoms with van der Waals surface area (Å²) in [4.78, 5) is 65.7. The monoisotopic (exact) mass is 433 g/mol. The molecule has 2 heterocycles. The van der Waals surface area contributed by atoms with E-state index in [0.29, 0.717) is 5.06 Å². The van der Waals surface area contributed by atoms with E-state index in [1.165, 1.54) is 0 Å². The Morgan fingerprint density at radius 1 is 1.03 bits per heavy atom. The summed E-state index contributed by atoms with van der Waals surface area (Å²) in [6.07, 6.45) is 1.79. The lowest BCUT2D eigenvalue weighted by Crippen LogP contribution is -2.46. The van der Waals surface area contributed by atoms with E-state index in [-0.39, 0.29) is 62.0 Å². The van der Waals surface area contributed by atoms with Crippen LogP contribution in [0.15, 0.2) is 0 Å². The Morgan fingerprint density at radius 2 is 1.67 bits per heavy atom. The molecule has 0 spiro atoms. The number of hydrogen-bond acceptors (Lipinski definition) is 7. The van der Waals surface area contributed by atoms with E-state index in [1.807, 2.05) is 0 Å². The van der Waals surface area contributed by atoms with E-state index in [4.69, 9.17) is 4.84 Å². The van der Waals surface area contributed by atoms with Gasteiger partial charge >= 0.3 is 5.97 Å². The number of rotatable bonds is 9. The van der Waals surface area contributed by atoms with Crippen molar-refractivity contribution in [1.29, 1.82) is 0 Å². The highest BCUT2D eigenvalue weighted by molar-refractivity contribution is 6.01. The molecule has 2 aliphatic heterocycles. The second-order valence-electron chi connectivity index (χ2n) is 8.88. The van der Waals surface area contributed by atoms with Gasteiger partial charge in [0.25, 0.3) is 11.8 Å². The Labute approximate surface area is 176 Å². The maximum absolute atomic E-state index is 12.4. The van der Waals surface area contributed by atoms with Crippen LogP contribution in [-0.2, 0) is 28.8 Å². The summed E-state index contributed by atoms with van der Waals surface area (Å²) in [5.41, 5.74) is 0.110. The molecule has 0 aromatic heterocycles. The van der Waals surface area contributed by atoms with Crippen LogP contribution in [0.3, 0.4) is 0 Å². The molecular formula is C20H32N4O6. The average Bonchev–Trinajstić information content (AvgIpc) is 3.21. The minimum Gasteiger partial charge on any atom is -0.355 e. The van der Waals surface area contributed by atoms with Crippen LogP contribution in [0.1, 0.15) is 59.3 Å². The van der Waals surface area contributed by atoms with Crippen LogP contribution in [-0.4, -0.2) is 71.8 Å². The quantitative estimate of drug-likeness (QED) is 0.301. The van der Waals surface area contributed by atoms with Crippen LogP contribution in [0.5, 0.6) is 0 Å². The zero-order valence-electron chi connectivity index (χ0n) is 18.0. The van der Waals surface area contributed by atoms with Crippen LogP contribution in [0.4, 0.5) is 0 Å². The van der Waals surface area contributed by atoms with Gasteiger partial charge in [-0.3, -0.25) is 24.1 Å². The smallest absolute Gasteiger partial charge is 0.334 e. The van der Waals surface area contributed by atoms with Crippen molar-refractivity contribution < 1.29 is 28.8 Å². The molecule has 2 saturated heterocycles. The molecule has 0 radical (unpaired) electrons. The minimum atomic E-state index is -0.771. The Hall–Kier alpha value is -2.49. The summed E-state index contributed by atoms with van der Waals surface area (Å²) in [6.45, 7) is 8.40. The normalized spacial score (nSPS) is 19.8. The van der Waals surface area contributed by atoms with Crippen molar-refractivity contribution in [2.45, 2.75) is 65.3 Å². The standard InChI is InChI=1S/C20H32N4O6/c1-20(2,3)13-23-12-4-5-14(23)19(29)22-10-8-15(25)21-11-9-18(28)30-24-16(26)6-7-17(24)27/h14H,4-13H2,1-3H3,(H,21,25)(H,22,29)/i1+1,2+1,4+1,5+1,12+1,13+1,14+1,15+1,23+1. The first kappa shape index (κ1) is 23.8. The zero-order valence-corrected chi connectivity index (χ0v) is 18.0. The molecule has 168 valence electrons. The van der Waals surface area contributed by atoms with Crippen LogP contribution >= 0.6 is 0 Å². The van der Waals surface area contributed by atoms with Gasteiger partial charge in [-0.2, -0.15) is 0 Å². The van der Waals surface area contributed by atoms with Crippen molar-refractivity contribution in [3.63, 3.8) is 0 Å². The van der Waals surface area contributed by atoms with Gasteiger partial charge in [-0.05, 0) is 24.8 Å². The van der Waals surface area contributed by atoms with Crippen LogP contribution in [0.2, 0.25) is 0 Å². The second kappa shape index (κ2) is 10.5. The predicted molar refractivity (Wildman–Crippen MR) is 106 cm³/mol.